The lowest BCUT2D eigenvalue weighted by Crippen LogP contribution is -2.21. The Morgan fingerprint density at radius 3 is 2.95 bits per heavy atom. The van der Waals surface area contributed by atoms with Crippen molar-refractivity contribution in [3.05, 3.63) is 24.3 Å². The van der Waals surface area contributed by atoms with Crippen LogP contribution in [0.5, 0.6) is 0 Å². The van der Waals surface area contributed by atoms with Crippen molar-refractivity contribution in [3.8, 4) is 11.4 Å². The van der Waals surface area contributed by atoms with Crippen molar-refractivity contribution in [1.29, 1.82) is 0 Å². The van der Waals surface area contributed by atoms with Crippen LogP contribution in [0.4, 0.5) is 5.69 Å². The summed E-state index contributed by atoms with van der Waals surface area (Å²) in [5, 5.41) is 12.0. The summed E-state index contributed by atoms with van der Waals surface area (Å²) >= 11 is 0. The predicted molar refractivity (Wildman–Crippen MR) is 71.2 cm³/mol. The van der Waals surface area contributed by atoms with Crippen LogP contribution >= 0.6 is 0 Å². The van der Waals surface area contributed by atoms with Crippen molar-refractivity contribution in [2.75, 3.05) is 18.9 Å². The predicted octanol–water partition coefficient (Wildman–Crippen LogP) is 1.35. The molecule has 1 saturated heterocycles. The Bertz CT molecular complexity index is 547. The number of hydrogen-bond donors (Lipinski definition) is 1. The first kappa shape index (κ1) is 12.1. The summed E-state index contributed by atoms with van der Waals surface area (Å²) in [5.74, 6) is 1.36. The van der Waals surface area contributed by atoms with Crippen molar-refractivity contribution in [3.63, 3.8) is 0 Å². The molecule has 1 aliphatic heterocycles. The largest absolute Gasteiger partial charge is 0.399 e. The van der Waals surface area contributed by atoms with Crippen LogP contribution in [0.25, 0.3) is 11.4 Å². The van der Waals surface area contributed by atoms with E-state index in [0.717, 1.165) is 49.7 Å². The summed E-state index contributed by atoms with van der Waals surface area (Å²) < 4.78 is 7.24. The van der Waals surface area contributed by atoms with Gasteiger partial charge in [-0.25, -0.2) is 4.68 Å². The van der Waals surface area contributed by atoms with Gasteiger partial charge in [-0.15, -0.1) is 5.10 Å². The van der Waals surface area contributed by atoms with Crippen molar-refractivity contribution in [2.24, 2.45) is 5.92 Å². The van der Waals surface area contributed by atoms with Crippen LogP contribution in [0.3, 0.4) is 0 Å². The minimum atomic E-state index is 0.581. The van der Waals surface area contributed by atoms with Crippen LogP contribution in [-0.4, -0.2) is 33.4 Å². The van der Waals surface area contributed by atoms with Crippen molar-refractivity contribution >= 4 is 5.69 Å². The number of rotatable bonds is 3. The Kier molecular flexibility index (Phi) is 3.41. The first-order chi connectivity index (χ1) is 9.33. The molecule has 0 spiro atoms. The van der Waals surface area contributed by atoms with E-state index in [1.807, 2.05) is 28.9 Å². The molecular weight excluding hydrogens is 242 g/mol. The fourth-order valence-corrected chi connectivity index (χ4v) is 2.39. The van der Waals surface area contributed by atoms with Gasteiger partial charge < -0.3 is 10.5 Å². The Morgan fingerprint density at radius 1 is 1.32 bits per heavy atom. The third-order valence-electron chi connectivity index (χ3n) is 3.45. The van der Waals surface area contributed by atoms with Crippen molar-refractivity contribution in [2.45, 2.75) is 19.4 Å². The summed E-state index contributed by atoms with van der Waals surface area (Å²) in [5.41, 5.74) is 7.48. The SMILES string of the molecule is Nc1cccc(-c2nnnn2CC2CCOCC2)c1. The number of ether oxygens (including phenoxy) is 1. The Morgan fingerprint density at radius 2 is 2.16 bits per heavy atom. The molecule has 19 heavy (non-hydrogen) atoms. The maximum atomic E-state index is 5.80. The highest BCUT2D eigenvalue weighted by Gasteiger charge is 2.17. The zero-order valence-electron chi connectivity index (χ0n) is 10.7. The maximum absolute atomic E-state index is 5.80. The molecule has 1 aromatic carbocycles. The summed E-state index contributed by atoms with van der Waals surface area (Å²) in [4.78, 5) is 0. The third-order valence-corrected chi connectivity index (χ3v) is 3.45. The standard InChI is InChI=1S/C13H17N5O/c14-12-3-1-2-11(8-12)13-15-16-17-18(13)9-10-4-6-19-7-5-10/h1-3,8,10H,4-7,9,14H2. The average Bonchev–Trinajstić information content (AvgIpc) is 2.88. The second kappa shape index (κ2) is 5.36. The van der Waals surface area contributed by atoms with Gasteiger partial charge in [-0.1, -0.05) is 12.1 Å². The van der Waals surface area contributed by atoms with Gasteiger partial charge in [0.2, 0.25) is 0 Å². The molecule has 2 heterocycles. The molecule has 6 heteroatoms. The molecule has 1 aliphatic rings. The number of aromatic nitrogens is 4. The van der Waals surface area contributed by atoms with Crippen LogP contribution in [-0.2, 0) is 11.3 Å². The first-order valence-corrected chi connectivity index (χ1v) is 6.53. The molecular formula is C13H17N5O. The van der Waals surface area contributed by atoms with E-state index in [9.17, 15) is 0 Å². The van der Waals surface area contributed by atoms with Gasteiger partial charge in [0, 0.05) is 31.0 Å². The van der Waals surface area contributed by atoms with E-state index in [4.69, 9.17) is 10.5 Å². The summed E-state index contributed by atoms with van der Waals surface area (Å²) in [7, 11) is 0. The minimum Gasteiger partial charge on any atom is -0.399 e. The molecule has 3 rings (SSSR count). The molecule has 0 bridgehead atoms. The van der Waals surface area contributed by atoms with Gasteiger partial charge in [0.05, 0.1) is 0 Å². The van der Waals surface area contributed by atoms with Gasteiger partial charge in [0.15, 0.2) is 5.82 Å². The van der Waals surface area contributed by atoms with E-state index >= 15 is 0 Å². The second-order valence-electron chi connectivity index (χ2n) is 4.87. The lowest BCUT2D eigenvalue weighted by Gasteiger charge is -2.21. The molecule has 100 valence electrons. The van der Waals surface area contributed by atoms with Gasteiger partial charge in [0.1, 0.15) is 0 Å². The Hall–Kier alpha value is -1.95. The van der Waals surface area contributed by atoms with E-state index in [-0.39, 0.29) is 0 Å². The van der Waals surface area contributed by atoms with Gasteiger partial charge >= 0.3 is 0 Å². The fraction of sp³-hybridized carbons (Fsp3) is 0.462. The van der Waals surface area contributed by atoms with E-state index < -0.39 is 0 Å². The molecule has 2 aromatic rings. The topological polar surface area (TPSA) is 78.9 Å². The molecule has 1 aromatic heterocycles. The second-order valence-corrected chi connectivity index (χ2v) is 4.87. The molecule has 0 amide bonds. The number of anilines is 1. The summed E-state index contributed by atoms with van der Waals surface area (Å²) in [6, 6.07) is 7.64. The summed E-state index contributed by atoms with van der Waals surface area (Å²) in [6.45, 7) is 2.50. The van der Waals surface area contributed by atoms with E-state index in [2.05, 4.69) is 15.5 Å². The average molecular weight is 259 g/mol. The third kappa shape index (κ3) is 2.73. The van der Waals surface area contributed by atoms with Crippen molar-refractivity contribution in [1.82, 2.24) is 20.2 Å². The van der Waals surface area contributed by atoms with Gasteiger partial charge in [-0.2, -0.15) is 0 Å². The smallest absolute Gasteiger partial charge is 0.182 e. The number of tetrazole rings is 1. The highest BCUT2D eigenvalue weighted by Crippen LogP contribution is 2.22. The number of hydrogen-bond acceptors (Lipinski definition) is 5. The van der Waals surface area contributed by atoms with Crippen LogP contribution in [0.2, 0.25) is 0 Å². The highest BCUT2D eigenvalue weighted by atomic mass is 16.5. The zero-order valence-corrected chi connectivity index (χ0v) is 10.7. The number of nitrogen functional groups attached to an aromatic ring is 1. The van der Waals surface area contributed by atoms with Crippen LogP contribution in [0.15, 0.2) is 24.3 Å². The molecule has 1 fully saturated rings. The number of nitrogens with zero attached hydrogens (tertiary/aromatic N) is 4. The lowest BCUT2D eigenvalue weighted by molar-refractivity contribution is 0.0601. The Balaban J connectivity index is 1.81. The molecule has 0 radical (unpaired) electrons. The van der Waals surface area contributed by atoms with Crippen molar-refractivity contribution < 1.29 is 4.74 Å². The van der Waals surface area contributed by atoms with E-state index in [1.165, 1.54) is 0 Å². The molecule has 0 aliphatic carbocycles. The normalized spacial score (nSPS) is 16.6. The lowest BCUT2D eigenvalue weighted by atomic mass is 10.0. The molecule has 2 N–H and O–H groups in total. The molecule has 6 nitrogen and oxygen atoms in total. The quantitative estimate of drug-likeness (QED) is 0.842. The molecule has 0 unspecified atom stereocenters. The molecule has 0 atom stereocenters. The Labute approximate surface area is 111 Å². The van der Waals surface area contributed by atoms with Gasteiger partial charge in [-0.05, 0) is 41.3 Å². The van der Waals surface area contributed by atoms with E-state index in [1.54, 1.807) is 0 Å². The number of nitrogens with two attached hydrogens (primary N) is 1. The van der Waals surface area contributed by atoms with Gasteiger partial charge in [0.25, 0.3) is 0 Å². The van der Waals surface area contributed by atoms with Crippen LogP contribution < -0.4 is 5.73 Å². The van der Waals surface area contributed by atoms with Crippen LogP contribution in [0, 0.1) is 5.92 Å². The minimum absolute atomic E-state index is 0.581. The van der Waals surface area contributed by atoms with Crippen LogP contribution in [0.1, 0.15) is 12.8 Å². The maximum Gasteiger partial charge on any atom is 0.182 e. The zero-order chi connectivity index (χ0) is 13.1. The highest BCUT2D eigenvalue weighted by molar-refractivity contribution is 5.60. The fourth-order valence-electron chi connectivity index (χ4n) is 2.39. The first-order valence-electron chi connectivity index (χ1n) is 6.53. The molecule has 0 saturated carbocycles. The van der Waals surface area contributed by atoms with Gasteiger partial charge in [-0.3, -0.25) is 0 Å². The monoisotopic (exact) mass is 259 g/mol. The summed E-state index contributed by atoms with van der Waals surface area (Å²) in [6.07, 6.45) is 2.13. The number of benzene rings is 1. The van der Waals surface area contributed by atoms with E-state index in [0.29, 0.717) is 5.92 Å².